The topological polar surface area (TPSA) is 66.9 Å². The second-order valence-corrected chi connectivity index (χ2v) is 5.87. The van der Waals surface area contributed by atoms with Crippen LogP contribution in [0.15, 0.2) is 12.1 Å². The fourth-order valence-corrected chi connectivity index (χ4v) is 1.98. The molecule has 0 aromatic carbocycles. The highest BCUT2D eigenvalue weighted by atomic mass is 16.7. The lowest BCUT2D eigenvalue weighted by atomic mass is 9.79. The molecule has 0 radical (unpaired) electrons. The summed E-state index contributed by atoms with van der Waals surface area (Å²) < 4.78 is 21.8. The number of ether oxygens (including phenoxy) is 2. The number of pyridine rings is 1. The number of carbonyl (C=O) groups excluding carboxylic acids is 1. The minimum Gasteiger partial charge on any atom is -0.481 e. The fraction of sp³-hybridized carbons (Fsp3) is 0.571. The third-order valence-corrected chi connectivity index (χ3v) is 3.98. The van der Waals surface area contributed by atoms with Crippen molar-refractivity contribution in [1.29, 1.82) is 0 Å². The molecule has 1 aliphatic heterocycles. The van der Waals surface area contributed by atoms with E-state index in [2.05, 4.69) is 9.72 Å². The molecule has 1 saturated heterocycles. The van der Waals surface area contributed by atoms with Crippen molar-refractivity contribution in [2.45, 2.75) is 38.9 Å². The Morgan fingerprint density at radius 1 is 1.14 bits per heavy atom. The first-order valence-corrected chi connectivity index (χ1v) is 6.71. The van der Waals surface area contributed by atoms with Gasteiger partial charge in [-0.2, -0.15) is 0 Å². The Labute approximate surface area is 124 Å². The molecule has 6 nitrogen and oxygen atoms in total. The van der Waals surface area contributed by atoms with Gasteiger partial charge in [0.15, 0.2) is 5.69 Å². The molecule has 1 fully saturated rings. The van der Waals surface area contributed by atoms with E-state index in [0.717, 1.165) is 0 Å². The second-order valence-electron chi connectivity index (χ2n) is 5.87. The highest BCUT2D eigenvalue weighted by Gasteiger charge is 2.52. The summed E-state index contributed by atoms with van der Waals surface area (Å²) >= 11 is 0. The van der Waals surface area contributed by atoms with Crippen LogP contribution in [0, 0.1) is 0 Å². The molecule has 21 heavy (non-hydrogen) atoms. The average Bonchev–Trinajstić information content (AvgIpc) is 2.65. The fourth-order valence-electron chi connectivity index (χ4n) is 1.98. The summed E-state index contributed by atoms with van der Waals surface area (Å²) in [6.45, 7) is 7.87. The van der Waals surface area contributed by atoms with Crippen LogP contribution in [0.3, 0.4) is 0 Å². The molecule has 2 heterocycles. The zero-order chi connectivity index (χ0) is 15.8. The SMILES string of the molecule is COC(=O)c1ccc(B2OC(C)(C)C(C)(C)O2)c(OC)n1. The van der Waals surface area contributed by atoms with Crippen LogP contribution in [0.1, 0.15) is 38.2 Å². The van der Waals surface area contributed by atoms with Gasteiger partial charge >= 0.3 is 13.1 Å². The molecule has 0 aliphatic carbocycles. The normalized spacial score (nSPS) is 19.4. The maximum atomic E-state index is 11.5. The number of carbonyl (C=O) groups is 1. The van der Waals surface area contributed by atoms with Crippen LogP contribution in [0.4, 0.5) is 0 Å². The summed E-state index contributed by atoms with van der Waals surface area (Å²) in [6, 6.07) is 3.27. The number of hydrogen-bond acceptors (Lipinski definition) is 6. The van der Waals surface area contributed by atoms with E-state index in [9.17, 15) is 4.79 Å². The van der Waals surface area contributed by atoms with Gasteiger partial charge in [0, 0.05) is 5.46 Å². The first-order valence-electron chi connectivity index (χ1n) is 6.71. The minimum atomic E-state index is -0.593. The van der Waals surface area contributed by atoms with Gasteiger partial charge in [-0.15, -0.1) is 0 Å². The van der Waals surface area contributed by atoms with E-state index in [1.165, 1.54) is 14.2 Å². The van der Waals surface area contributed by atoms with Crippen molar-refractivity contribution in [2.24, 2.45) is 0 Å². The van der Waals surface area contributed by atoms with Crippen LogP contribution in [-0.2, 0) is 14.0 Å². The maximum Gasteiger partial charge on any atom is 0.500 e. The average molecular weight is 293 g/mol. The van der Waals surface area contributed by atoms with E-state index >= 15 is 0 Å². The van der Waals surface area contributed by atoms with Gasteiger partial charge in [0.2, 0.25) is 5.88 Å². The maximum absolute atomic E-state index is 11.5. The summed E-state index contributed by atoms with van der Waals surface area (Å²) in [6.07, 6.45) is 0. The Morgan fingerprint density at radius 3 is 2.19 bits per heavy atom. The summed E-state index contributed by atoms with van der Waals surface area (Å²) in [5.74, 6) is -0.231. The first-order chi connectivity index (χ1) is 9.71. The van der Waals surface area contributed by atoms with Crippen molar-refractivity contribution in [1.82, 2.24) is 4.98 Å². The van der Waals surface area contributed by atoms with E-state index < -0.39 is 24.3 Å². The number of esters is 1. The predicted octanol–water partition coefficient (Wildman–Crippen LogP) is 1.18. The zero-order valence-corrected chi connectivity index (χ0v) is 13.2. The van der Waals surface area contributed by atoms with Gasteiger partial charge in [-0.1, -0.05) is 6.07 Å². The van der Waals surface area contributed by atoms with Crippen LogP contribution in [-0.4, -0.2) is 43.5 Å². The number of rotatable bonds is 3. The van der Waals surface area contributed by atoms with E-state index in [-0.39, 0.29) is 11.6 Å². The van der Waals surface area contributed by atoms with Crippen molar-refractivity contribution in [2.75, 3.05) is 14.2 Å². The Kier molecular flexibility index (Phi) is 3.99. The summed E-state index contributed by atoms with van der Waals surface area (Å²) in [4.78, 5) is 15.7. The molecule has 1 aromatic rings. The molecule has 0 N–H and O–H groups in total. The van der Waals surface area contributed by atoms with E-state index in [0.29, 0.717) is 5.46 Å². The van der Waals surface area contributed by atoms with Crippen LogP contribution in [0.5, 0.6) is 5.88 Å². The number of hydrogen-bond donors (Lipinski definition) is 0. The molecule has 0 spiro atoms. The highest BCUT2D eigenvalue weighted by molar-refractivity contribution is 6.63. The zero-order valence-electron chi connectivity index (χ0n) is 13.2. The minimum absolute atomic E-state index is 0.176. The third-order valence-electron chi connectivity index (χ3n) is 3.98. The van der Waals surface area contributed by atoms with Crippen molar-refractivity contribution < 1.29 is 23.6 Å². The molecule has 1 aromatic heterocycles. The lowest BCUT2D eigenvalue weighted by Gasteiger charge is -2.32. The molecule has 0 unspecified atom stereocenters. The van der Waals surface area contributed by atoms with Gasteiger partial charge in [0.25, 0.3) is 0 Å². The summed E-state index contributed by atoms with van der Waals surface area (Å²) in [5.41, 5.74) is -0.0913. The molecule has 7 heteroatoms. The molecule has 114 valence electrons. The van der Waals surface area contributed by atoms with Crippen LogP contribution >= 0.6 is 0 Å². The van der Waals surface area contributed by atoms with Gasteiger partial charge in [-0.3, -0.25) is 0 Å². The van der Waals surface area contributed by atoms with Crippen LogP contribution in [0.25, 0.3) is 0 Å². The largest absolute Gasteiger partial charge is 0.500 e. The smallest absolute Gasteiger partial charge is 0.481 e. The quantitative estimate of drug-likeness (QED) is 0.616. The Morgan fingerprint density at radius 2 is 1.71 bits per heavy atom. The van der Waals surface area contributed by atoms with E-state index in [1.54, 1.807) is 12.1 Å². The highest BCUT2D eigenvalue weighted by Crippen LogP contribution is 2.37. The molecule has 0 amide bonds. The van der Waals surface area contributed by atoms with Gasteiger partial charge in [-0.25, -0.2) is 9.78 Å². The molecular weight excluding hydrogens is 273 g/mol. The van der Waals surface area contributed by atoms with Crippen molar-refractivity contribution in [3.8, 4) is 5.88 Å². The van der Waals surface area contributed by atoms with Crippen molar-refractivity contribution >= 4 is 18.6 Å². The van der Waals surface area contributed by atoms with E-state index in [1.807, 2.05) is 27.7 Å². The Bertz CT molecular complexity index is 542. The van der Waals surface area contributed by atoms with Crippen molar-refractivity contribution in [3.63, 3.8) is 0 Å². The molecular formula is C14H20BNO5. The van der Waals surface area contributed by atoms with E-state index in [4.69, 9.17) is 14.0 Å². The van der Waals surface area contributed by atoms with Gasteiger partial charge < -0.3 is 18.8 Å². The standard InChI is InChI=1S/C14H20BNO5/c1-13(2)14(3,4)21-15(20-13)9-7-8-10(12(17)19-6)16-11(9)18-5/h7-8H,1-6H3. The molecule has 1 aliphatic rings. The molecule has 0 bridgehead atoms. The van der Waals surface area contributed by atoms with Gasteiger partial charge in [-0.05, 0) is 33.8 Å². The lowest BCUT2D eigenvalue weighted by molar-refractivity contribution is 0.00578. The number of methoxy groups -OCH3 is 2. The second kappa shape index (κ2) is 5.31. The Hall–Kier alpha value is -1.60. The lowest BCUT2D eigenvalue weighted by Crippen LogP contribution is -2.41. The molecule has 0 saturated carbocycles. The number of nitrogens with zero attached hydrogens (tertiary/aromatic N) is 1. The van der Waals surface area contributed by atoms with Gasteiger partial charge in [0.05, 0.1) is 25.4 Å². The number of aromatic nitrogens is 1. The van der Waals surface area contributed by atoms with Crippen LogP contribution < -0.4 is 10.2 Å². The summed E-state index contributed by atoms with van der Waals surface area (Å²) in [5, 5.41) is 0. The molecule has 0 atom stereocenters. The third kappa shape index (κ3) is 2.75. The summed E-state index contributed by atoms with van der Waals surface area (Å²) in [7, 11) is 2.20. The Balaban J connectivity index is 2.35. The van der Waals surface area contributed by atoms with Gasteiger partial charge in [0.1, 0.15) is 0 Å². The van der Waals surface area contributed by atoms with Crippen molar-refractivity contribution in [3.05, 3.63) is 17.8 Å². The molecule has 2 rings (SSSR count). The monoisotopic (exact) mass is 293 g/mol. The predicted molar refractivity (Wildman–Crippen MR) is 77.8 cm³/mol. The van der Waals surface area contributed by atoms with Crippen LogP contribution in [0.2, 0.25) is 0 Å². The first kappa shape index (κ1) is 15.8.